The molecule has 1 saturated heterocycles. The van der Waals surface area contributed by atoms with Gasteiger partial charge in [-0.2, -0.15) is 0 Å². The number of amides is 1. The molecule has 1 aliphatic rings. The fraction of sp³-hybridized carbons (Fsp3) is 0.167. The molecule has 1 aromatic heterocycles. The van der Waals surface area contributed by atoms with Crippen molar-refractivity contribution in [1.29, 1.82) is 0 Å². The maximum Gasteiger partial charge on any atom is 0.227 e. The van der Waals surface area contributed by atoms with E-state index in [1.54, 1.807) is 0 Å². The molecule has 2 heterocycles. The number of fused-ring (bicyclic) bond motifs is 1. The van der Waals surface area contributed by atoms with Crippen molar-refractivity contribution < 1.29 is 4.79 Å². The van der Waals surface area contributed by atoms with Crippen molar-refractivity contribution in [2.24, 2.45) is 0 Å². The van der Waals surface area contributed by atoms with Crippen LogP contribution in [0.4, 0.5) is 5.69 Å². The summed E-state index contributed by atoms with van der Waals surface area (Å²) in [5, 5.41) is 1.24. The number of rotatable bonds is 4. The van der Waals surface area contributed by atoms with Gasteiger partial charge in [-0.05, 0) is 52.3 Å². The van der Waals surface area contributed by atoms with E-state index in [1.165, 1.54) is 0 Å². The summed E-state index contributed by atoms with van der Waals surface area (Å²) in [6.45, 7) is 1.06. The highest BCUT2D eigenvalue weighted by Gasteiger charge is 2.35. The van der Waals surface area contributed by atoms with Crippen LogP contribution < -0.4 is 4.90 Å². The third-order valence-electron chi connectivity index (χ3n) is 5.70. The van der Waals surface area contributed by atoms with Crippen LogP contribution in [0.15, 0.2) is 71.2 Å². The summed E-state index contributed by atoms with van der Waals surface area (Å²) in [4.78, 5) is 19.7. The lowest BCUT2D eigenvalue weighted by Crippen LogP contribution is -2.25. The monoisotopic (exact) mass is 513 g/mol. The summed E-state index contributed by atoms with van der Waals surface area (Å²) in [5.41, 5.74) is 3.63. The van der Waals surface area contributed by atoms with E-state index in [4.69, 9.17) is 28.2 Å². The molecule has 0 aliphatic carbocycles. The Morgan fingerprint density at radius 3 is 2.45 bits per heavy atom. The van der Waals surface area contributed by atoms with Crippen LogP contribution >= 0.6 is 39.1 Å². The summed E-state index contributed by atoms with van der Waals surface area (Å²) in [6, 6.07) is 21.3. The van der Waals surface area contributed by atoms with Gasteiger partial charge in [-0.1, -0.05) is 53.5 Å². The quantitative estimate of drug-likeness (QED) is 0.305. The Morgan fingerprint density at radius 2 is 1.68 bits per heavy atom. The number of halogens is 3. The van der Waals surface area contributed by atoms with Crippen molar-refractivity contribution in [2.75, 3.05) is 11.4 Å². The van der Waals surface area contributed by atoms with E-state index in [9.17, 15) is 4.79 Å². The van der Waals surface area contributed by atoms with Gasteiger partial charge in [0, 0.05) is 39.0 Å². The van der Waals surface area contributed by atoms with Crippen molar-refractivity contribution in [3.8, 4) is 0 Å². The Labute approximate surface area is 198 Å². The Hall–Kier alpha value is -2.34. The molecule has 31 heavy (non-hydrogen) atoms. The van der Waals surface area contributed by atoms with Gasteiger partial charge in [0.2, 0.25) is 5.91 Å². The summed E-state index contributed by atoms with van der Waals surface area (Å²) in [6.07, 6.45) is 0.404. The van der Waals surface area contributed by atoms with E-state index < -0.39 is 0 Å². The Bertz CT molecular complexity index is 1280. The normalized spacial score (nSPS) is 16.4. The van der Waals surface area contributed by atoms with Crippen LogP contribution in [0, 0.1) is 0 Å². The lowest BCUT2D eigenvalue weighted by molar-refractivity contribution is -0.117. The minimum absolute atomic E-state index is 0.0340. The first-order valence-electron chi connectivity index (χ1n) is 9.96. The second-order valence-electron chi connectivity index (χ2n) is 7.60. The van der Waals surface area contributed by atoms with Crippen LogP contribution in [0.3, 0.4) is 0 Å². The van der Waals surface area contributed by atoms with Gasteiger partial charge < -0.3 is 9.47 Å². The van der Waals surface area contributed by atoms with Crippen molar-refractivity contribution in [2.45, 2.75) is 18.9 Å². The number of nitrogens with zero attached hydrogens (tertiary/aromatic N) is 3. The first kappa shape index (κ1) is 20.6. The Morgan fingerprint density at radius 1 is 0.968 bits per heavy atom. The fourth-order valence-corrected chi connectivity index (χ4v) is 5.21. The molecule has 1 amide bonds. The van der Waals surface area contributed by atoms with Crippen molar-refractivity contribution in [3.05, 3.63) is 92.6 Å². The van der Waals surface area contributed by atoms with E-state index in [0.717, 1.165) is 32.6 Å². The molecule has 4 aromatic rings. The predicted molar refractivity (Wildman–Crippen MR) is 129 cm³/mol. The molecule has 1 aliphatic heterocycles. The van der Waals surface area contributed by atoms with Gasteiger partial charge in [0.15, 0.2) is 0 Å². The molecule has 1 fully saturated rings. The number of hydrogen-bond acceptors (Lipinski definition) is 2. The first-order chi connectivity index (χ1) is 15.0. The molecule has 0 saturated carbocycles. The molecule has 4 nitrogen and oxygen atoms in total. The minimum Gasteiger partial charge on any atom is -0.323 e. The topological polar surface area (TPSA) is 38.1 Å². The summed E-state index contributed by atoms with van der Waals surface area (Å²) >= 11 is 16.5. The fourth-order valence-electron chi connectivity index (χ4n) is 4.20. The number of para-hydroxylation sites is 3. The molecule has 0 bridgehead atoms. The molecule has 3 aromatic carbocycles. The molecule has 1 atom stereocenters. The highest BCUT2D eigenvalue weighted by molar-refractivity contribution is 9.10. The van der Waals surface area contributed by atoms with Gasteiger partial charge in [-0.25, -0.2) is 4.98 Å². The van der Waals surface area contributed by atoms with Crippen molar-refractivity contribution in [3.63, 3.8) is 0 Å². The van der Waals surface area contributed by atoms with E-state index in [-0.39, 0.29) is 11.8 Å². The Balaban J connectivity index is 1.57. The van der Waals surface area contributed by atoms with Crippen LogP contribution in [0.2, 0.25) is 10.0 Å². The van der Waals surface area contributed by atoms with Crippen LogP contribution in [0.5, 0.6) is 0 Å². The summed E-state index contributed by atoms with van der Waals surface area (Å²) in [7, 11) is 0. The summed E-state index contributed by atoms with van der Waals surface area (Å²) < 4.78 is 3.05. The number of imidazole rings is 1. The Kier molecular flexibility index (Phi) is 5.51. The second-order valence-corrected chi connectivity index (χ2v) is 9.27. The molecule has 156 valence electrons. The van der Waals surface area contributed by atoms with Crippen LogP contribution in [-0.2, 0) is 11.3 Å². The predicted octanol–water partition coefficient (Wildman–Crippen LogP) is 6.67. The number of carbonyl (C=O) groups excluding carboxylic acids is 1. The standard InChI is InChI=1S/C24H18BrCl2N3O/c25-17-6-1-3-10-21(17)29-13-15(12-23(29)31)24-28-20-9-2-4-11-22(20)30(24)14-16-18(26)7-5-8-19(16)27/h1-11,15H,12-14H2. The number of aromatic nitrogens is 2. The third kappa shape index (κ3) is 3.75. The molecular formula is C24H18BrCl2N3O. The average molecular weight is 515 g/mol. The molecule has 0 N–H and O–H groups in total. The number of hydrogen-bond donors (Lipinski definition) is 0. The largest absolute Gasteiger partial charge is 0.323 e. The molecule has 5 rings (SSSR count). The van der Waals surface area contributed by atoms with Gasteiger partial charge in [0.05, 0.1) is 23.3 Å². The average Bonchev–Trinajstić information content (AvgIpc) is 3.32. The van der Waals surface area contributed by atoms with Crippen LogP contribution in [-0.4, -0.2) is 22.0 Å². The zero-order valence-corrected chi connectivity index (χ0v) is 19.5. The van der Waals surface area contributed by atoms with E-state index in [0.29, 0.717) is 29.6 Å². The highest BCUT2D eigenvalue weighted by Crippen LogP contribution is 2.37. The highest BCUT2D eigenvalue weighted by atomic mass is 79.9. The number of carbonyl (C=O) groups is 1. The van der Waals surface area contributed by atoms with Gasteiger partial charge >= 0.3 is 0 Å². The molecule has 0 spiro atoms. The number of anilines is 1. The number of benzene rings is 3. The van der Waals surface area contributed by atoms with Crippen molar-refractivity contribution >= 4 is 61.8 Å². The molecule has 0 radical (unpaired) electrons. The molecule has 1 unspecified atom stereocenters. The van der Waals surface area contributed by atoms with Gasteiger partial charge in [-0.15, -0.1) is 0 Å². The SMILES string of the molecule is O=C1CC(c2nc3ccccc3n2Cc2c(Cl)cccc2Cl)CN1c1ccccc1Br. The minimum atomic E-state index is -0.0340. The lowest BCUT2D eigenvalue weighted by Gasteiger charge is -2.19. The maximum absolute atomic E-state index is 12.9. The van der Waals surface area contributed by atoms with E-state index in [1.807, 2.05) is 71.6 Å². The van der Waals surface area contributed by atoms with E-state index in [2.05, 4.69) is 20.5 Å². The second kappa shape index (κ2) is 8.30. The summed E-state index contributed by atoms with van der Waals surface area (Å²) in [5.74, 6) is 0.930. The van der Waals surface area contributed by atoms with E-state index >= 15 is 0 Å². The lowest BCUT2D eigenvalue weighted by atomic mass is 10.1. The van der Waals surface area contributed by atoms with Gasteiger partial charge in [0.1, 0.15) is 5.82 Å². The van der Waals surface area contributed by atoms with Gasteiger partial charge in [0.25, 0.3) is 0 Å². The third-order valence-corrected chi connectivity index (χ3v) is 7.07. The smallest absolute Gasteiger partial charge is 0.227 e. The maximum atomic E-state index is 12.9. The zero-order valence-electron chi connectivity index (χ0n) is 16.4. The molecule has 7 heteroatoms. The first-order valence-corrected chi connectivity index (χ1v) is 11.5. The van der Waals surface area contributed by atoms with Crippen molar-refractivity contribution in [1.82, 2.24) is 9.55 Å². The van der Waals surface area contributed by atoms with Gasteiger partial charge in [-0.3, -0.25) is 4.79 Å². The zero-order chi connectivity index (χ0) is 21.5. The molecular weight excluding hydrogens is 497 g/mol. The van der Waals surface area contributed by atoms with Crippen LogP contribution in [0.1, 0.15) is 23.7 Å². The van der Waals surface area contributed by atoms with Crippen LogP contribution in [0.25, 0.3) is 11.0 Å².